The number of aliphatic hydroxyl groups is 1. The van der Waals surface area contributed by atoms with Gasteiger partial charge in [0.1, 0.15) is 5.82 Å². The van der Waals surface area contributed by atoms with Crippen LogP contribution in [0.25, 0.3) is 0 Å². The van der Waals surface area contributed by atoms with E-state index >= 15 is 0 Å². The summed E-state index contributed by atoms with van der Waals surface area (Å²) in [5.74, 6) is -2.30. The normalized spacial score (nSPS) is 11.8. The lowest BCUT2D eigenvalue weighted by atomic mass is 10.2. The van der Waals surface area contributed by atoms with Gasteiger partial charge in [-0.1, -0.05) is 0 Å². The molecule has 0 aliphatic heterocycles. The Hall–Kier alpha value is -2.25. The van der Waals surface area contributed by atoms with Crippen LogP contribution in [-0.4, -0.2) is 23.5 Å². The third-order valence-electron chi connectivity index (χ3n) is 2.89. The number of amides is 2. The maximum Gasteiger partial charge on any atom is 0.313 e. The maximum atomic E-state index is 13.2. The third-order valence-corrected chi connectivity index (χ3v) is 3.59. The Labute approximate surface area is 130 Å². The van der Waals surface area contributed by atoms with Gasteiger partial charge in [-0.3, -0.25) is 9.59 Å². The van der Waals surface area contributed by atoms with Gasteiger partial charge < -0.3 is 15.7 Å². The molecule has 2 rings (SSSR count). The number of carbonyl (C=O) groups is 2. The minimum atomic E-state index is -0.914. The van der Waals surface area contributed by atoms with Gasteiger partial charge in [0.2, 0.25) is 0 Å². The van der Waals surface area contributed by atoms with Gasteiger partial charge >= 0.3 is 11.8 Å². The Balaban J connectivity index is 1.88. The van der Waals surface area contributed by atoms with Crippen molar-refractivity contribution in [3.8, 4) is 0 Å². The molecule has 7 heteroatoms. The quantitative estimate of drug-likeness (QED) is 0.753. The zero-order valence-electron chi connectivity index (χ0n) is 11.8. The van der Waals surface area contributed by atoms with Gasteiger partial charge in [0.25, 0.3) is 0 Å². The van der Waals surface area contributed by atoms with Crippen LogP contribution in [0.2, 0.25) is 0 Å². The fourth-order valence-electron chi connectivity index (χ4n) is 1.85. The van der Waals surface area contributed by atoms with Crippen LogP contribution in [0.3, 0.4) is 0 Å². The van der Waals surface area contributed by atoms with Crippen LogP contribution in [-0.2, 0) is 9.59 Å². The Kier molecular flexibility index (Phi) is 5.24. The molecule has 116 valence electrons. The highest BCUT2D eigenvalue weighted by atomic mass is 32.1. The molecule has 0 spiro atoms. The summed E-state index contributed by atoms with van der Waals surface area (Å²) in [5.41, 5.74) is 1.51. The van der Waals surface area contributed by atoms with Crippen LogP contribution in [0.5, 0.6) is 0 Å². The first-order chi connectivity index (χ1) is 10.5. The van der Waals surface area contributed by atoms with Crippen molar-refractivity contribution >= 4 is 28.8 Å². The summed E-state index contributed by atoms with van der Waals surface area (Å²) >= 11 is 1.43. The van der Waals surface area contributed by atoms with Crippen molar-refractivity contribution in [2.24, 2.45) is 0 Å². The number of aliphatic hydroxyl groups excluding tert-OH is 1. The van der Waals surface area contributed by atoms with Crippen LogP contribution in [0.1, 0.15) is 17.2 Å². The lowest BCUT2D eigenvalue weighted by molar-refractivity contribution is -0.136. The minimum Gasteiger partial charge on any atom is -0.387 e. The van der Waals surface area contributed by atoms with Gasteiger partial charge in [0.15, 0.2) is 0 Å². The average Bonchev–Trinajstić information content (AvgIpc) is 2.97. The number of carbonyl (C=O) groups excluding carboxylic acids is 2. The third kappa shape index (κ3) is 4.37. The van der Waals surface area contributed by atoms with E-state index in [1.165, 1.54) is 17.4 Å². The highest BCUT2D eigenvalue weighted by Crippen LogP contribution is 2.15. The van der Waals surface area contributed by atoms with Crippen molar-refractivity contribution in [3.63, 3.8) is 0 Å². The number of rotatable bonds is 4. The topological polar surface area (TPSA) is 78.4 Å². The first kappa shape index (κ1) is 16.1. The molecule has 0 radical (unpaired) electrons. The van der Waals surface area contributed by atoms with Crippen molar-refractivity contribution in [1.82, 2.24) is 5.32 Å². The Morgan fingerprint density at radius 1 is 1.32 bits per heavy atom. The van der Waals surface area contributed by atoms with Gasteiger partial charge in [-0.25, -0.2) is 4.39 Å². The molecule has 0 bridgehead atoms. The zero-order valence-corrected chi connectivity index (χ0v) is 12.6. The summed E-state index contributed by atoms with van der Waals surface area (Å²) < 4.78 is 13.2. The highest BCUT2D eigenvalue weighted by Gasteiger charge is 2.16. The fraction of sp³-hybridized carbons (Fsp3) is 0.200. The van der Waals surface area contributed by atoms with E-state index in [1.54, 1.807) is 29.8 Å². The monoisotopic (exact) mass is 322 g/mol. The van der Waals surface area contributed by atoms with Gasteiger partial charge in [0.05, 0.1) is 6.10 Å². The van der Waals surface area contributed by atoms with E-state index in [9.17, 15) is 19.1 Å². The van der Waals surface area contributed by atoms with Gasteiger partial charge in [-0.2, -0.15) is 11.3 Å². The number of hydrogen-bond acceptors (Lipinski definition) is 4. The average molecular weight is 322 g/mol. The molecule has 22 heavy (non-hydrogen) atoms. The summed E-state index contributed by atoms with van der Waals surface area (Å²) in [7, 11) is 0. The van der Waals surface area contributed by atoms with Crippen LogP contribution in [0.15, 0.2) is 35.0 Å². The summed E-state index contributed by atoms with van der Waals surface area (Å²) in [6.07, 6.45) is -0.876. The number of benzene rings is 1. The molecule has 1 aromatic heterocycles. The summed E-state index contributed by atoms with van der Waals surface area (Å²) in [5, 5.41) is 18.0. The second-order valence-corrected chi connectivity index (χ2v) is 5.53. The van der Waals surface area contributed by atoms with Crippen LogP contribution in [0, 0.1) is 12.7 Å². The number of aryl methyl sites for hydroxylation is 1. The molecule has 1 aromatic carbocycles. The van der Waals surface area contributed by atoms with Crippen molar-refractivity contribution in [3.05, 3.63) is 52.0 Å². The van der Waals surface area contributed by atoms with E-state index in [0.29, 0.717) is 11.1 Å². The molecule has 0 saturated carbocycles. The van der Waals surface area contributed by atoms with Gasteiger partial charge in [-0.15, -0.1) is 0 Å². The number of hydrogen-bond donors (Lipinski definition) is 3. The number of thiophene rings is 1. The van der Waals surface area contributed by atoms with Crippen molar-refractivity contribution in [2.45, 2.75) is 13.0 Å². The van der Waals surface area contributed by atoms with Crippen LogP contribution in [0.4, 0.5) is 10.1 Å². The first-order valence-electron chi connectivity index (χ1n) is 6.52. The summed E-state index contributed by atoms with van der Waals surface area (Å²) in [6.45, 7) is 1.60. The number of halogens is 1. The number of anilines is 1. The largest absolute Gasteiger partial charge is 0.387 e. The molecule has 1 unspecified atom stereocenters. The molecular formula is C15H15FN2O3S. The predicted molar refractivity (Wildman–Crippen MR) is 82.1 cm³/mol. The van der Waals surface area contributed by atoms with Crippen LogP contribution >= 0.6 is 11.3 Å². The molecule has 0 saturated heterocycles. The minimum absolute atomic E-state index is 0.0782. The molecule has 0 fully saturated rings. The van der Waals surface area contributed by atoms with Gasteiger partial charge in [0, 0.05) is 12.2 Å². The zero-order chi connectivity index (χ0) is 16.1. The van der Waals surface area contributed by atoms with E-state index in [1.807, 2.05) is 0 Å². The molecule has 5 nitrogen and oxygen atoms in total. The smallest absolute Gasteiger partial charge is 0.313 e. The standard InChI is InChI=1S/C15H15FN2O3S/c1-9-4-11(16)6-12(5-9)18-15(21)14(20)17-7-13(19)10-2-3-22-8-10/h2-6,8,13,19H,7H2,1H3,(H,17,20)(H,18,21). The Morgan fingerprint density at radius 2 is 2.09 bits per heavy atom. The molecule has 0 aliphatic carbocycles. The SMILES string of the molecule is Cc1cc(F)cc(NC(=O)C(=O)NCC(O)c2ccsc2)c1. The highest BCUT2D eigenvalue weighted by molar-refractivity contribution is 7.07. The van der Waals surface area contributed by atoms with E-state index in [2.05, 4.69) is 10.6 Å². The second-order valence-electron chi connectivity index (χ2n) is 4.75. The number of nitrogens with one attached hydrogen (secondary N) is 2. The summed E-state index contributed by atoms with van der Waals surface area (Å²) in [6, 6.07) is 5.72. The van der Waals surface area contributed by atoms with E-state index in [0.717, 1.165) is 6.07 Å². The lowest BCUT2D eigenvalue weighted by Crippen LogP contribution is -2.37. The van der Waals surface area contributed by atoms with E-state index < -0.39 is 23.7 Å². The Bertz CT molecular complexity index is 653. The predicted octanol–water partition coefficient (Wildman–Crippen LogP) is 1.98. The van der Waals surface area contributed by atoms with Gasteiger partial charge in [-0.05, 0) is 53.1 Å². The fourth-order valence-corrected chi connectivity index (χ4v) is 2.56. The molecular weight excluding hydrogens is 307 g/mol. The van der Waals surface area contributed by atoms with Crippen molar-refractivity contribution < 1.29 is 19.1 Å². The molecule has 2 amide bonds. The lowest BCUT2D eigenvalue weighted by Gasteiger charge is -2.11. The van der Waals surface area contributed by atoms with Crippen LogP contribution < -0.4 is 10.6 Å². The molecule has 1 atom stereocenters. The van der Waals surface area contributed by atoms with E-state index in [4.69, 9.17) is 0 Å². The molecule has 1 heterocycles. The van der Waals surface area contributed by atoms with E-state index in [-0.39, 0.29) is 12.2 Å². The molecule has 0 aliphatic rings. The first-order valence-corrected chi connectivity index (χ1v) is 7.46. The summed E-state index contributed by atoms with van der Waals surface area (Å²) in [4.78, 5) is 23.4. The van der Waals surface area contributed by atoms with Crippen molar-refractivity contribution in [1.29, 1.82) is 0 Å². The maximum absolute atomic E-state index is 13.2. The second kappa shape index (κ2) is 7.15. The molecule has 2 aromatic rings. The molecule has 3 N–H and O–H groups in total. The van der Waals surface area contributed by atoms with Crippen molar-refractivity contribution in [2.75, 3.05) is 11.9 Å². The Morgan fingerprint density at radius 3 is 2.73 bits per heavy atom.